The fourth-order valence-corrected chi connectivity index (χ4v) is 3.75. The van der Waals surface area contributed by atoms with Crippen LogP contribution in [-0.4, -0.2) is 45.0 Å². The Morgan fingerprint density at radius 1 is 1.21 bits per heavy atom. The number of nitrogens with one attached hydrogen (secondary N) is 1. The average Bonchev–Trinajstić information content (AvgIpc) is 3.16. The molecule has 1 atom stereocenters. The van der Waals surface area contributed by atoms with Crippen LogP contribution in [0.4, 0.5) is 0 Å². The number of tetrazole rings is 1. The van der Waals surface area contributed by atoms with E-state index in [1.54, 1.807) is 11.8 Å². The molecule has 3 rings (SSSR count). The third-order valence-electron chi connectivity index (χ3n) is 4.54. The van der Waals surface area contributed by atoms with E-state index in [9.17, 15) is 4.79 Å². The smallest absolute Gasteiger partial charge is 0.233 e. The number of aryl methyl sites for hydroxylation is 2. The lowest BCUT2D eigenvalue weighted by Gasteiger charge is -2.13. The zero-order chi connectivity index (χ0) is 20.8. The van der Waals surface area contributed by atoms with Gasteiger partial charge in [-0.05, 0) is 66.9 Å². The molecule has 0 aliphatic rings. The van der Waals surface area contributed by atoms with Crippen molar-refractivity contribution in [1.29, 1.82) is 0 Å². The molecule has 1 N–H and O–H groups in total. The molecular weight excluding hydrogens is 386 g/mol. The molecule has 3 aromatic rings. The number of amides is 1. The summed E-state index contributed by atoms with van der Waals surface area (Å²) in [5.41, 5.74) is 4.31. The highest BCUT2D eigenvalue weighted by molar-refractivity contribution is 8.00. The molecule has 0 fully saturated rings. The molecule has 29 heavy (non-hydrogen) atoms. The Morgan fingerprint density at radius 2 is 1.97 bits per heavy atom. The first-order valence-corrected chi connectivity index (χ1v) is 10.3. The highest BCUT2D eigenvalue weighted by Crippen LogP contribution is 2.24. The van der Waals surface area contributed by atoms with Crippen molar-refractivity contribution in [2.45, 2.75) is 37.6 Å². The Kier molecular flexibility index (Phi) is 6.87. The van der Waals surface area contributed by atoms with Crippen LogP contribution < -0.4 is 10.1 Å². The van der Waals surface area contributed by atoms with E-state index in [0.29, 0.717) is 11.7 Å². The highest BCUT2D eigenvalue weighted by atomic mass is 32.2. The van der Waals surface area contributed by atoms with E-state index in [4.69, 9.17) is 4.74 Å². The SMILES string of the molecule is COc1ccc(CCNC(=O)[C@@H](C)Sc2nnnn2-c2ccc(C)cc2C)cc1. The third-order valence-corrected chi connectivity index (χ3v) is 5.58. The molecule has 0 spiro atoms. The number of carbonyl (C=O) groups excluding carboxylic acids is 1. The van der Waals surface area contributed by atoms with Crippen LogP contribution in [0.5, 0.6) is 5.75 Å². The van der Waals surface area contributed by atoms with E-state index < -0.39 is 0 Å². The molecule has 0 saturated carbocycles. The molecule has 1 amide bonds. The van der Waals surface area contributed by atoms with Gasteiger partial charge in [-0.25, -0.2) is 0 Å². The summed E-state index contributed by atoms with van der Waals surface area (Å²) < 4.78 is 6.84. The van der Waals surface area contributed by atoms with Crippen LogP contribution in [0.2, 0.25) is 0 Å². The summed E-state index contributed by atoms with van der Waals surface area (Å²) in [7, 11) is 1.64. The van der Waals surface area contributed by atoms with Crippen LogP contribution in [0, 0.1) is 13.8 Å². The second-order valence-corrected chi connectivity index (χ2v) is 8.12. The van der Waals surface area contributed by atoms with Crippen molar-refractivity contribution >= 4 is 17.7 Å². The molecule has 2 aromatic carbocycles. The van der Waals surface area contributed by atoms with Gasteiger partial charge in [-0.2, -0.15) is 4.68 Å². The Morgan fingerprint density at radius 3 is 2.66 bits per heavy atom. The molecule has 0 aliphatic carbocycles. The molecule has 8 heteroatoms. The molecule has 7 nitrogen and oxygen atoms in total. The molecule has 1 heterocycles. The summed E-state index contributed by atoms with van der Waals surface area (Å²) in [6.07, 6.45) is 0.757. The molecule has 0 saturated heterocycles. The normalized spacial score (nSPS) is 11.9. The van der Waals surface area contributed by atoms with Gasteiger partial charge in [-0.15, -0.1) is 5.10 Å². The van der Waals surface area contributed by atoms with Crippen LogP contribution in [0.25, 0.3) is 5.69 Å². The molecule has 152 valence electrons. The monoisotopic (exact) mass is 411 g/mol. The standard InChI is InChI=1S/C21H25N5O2S/c1-14-5-10-19(15(2)13-14)26-21(23-24-25-26)29-16(3)20(27)22-12-11-17-6-8-18(28-4)9-7-17/h5-10,13,16H,11-12H2,1-4H3,(H,22,27)/t16-/m1/s1. The number of nitrogens with zero attached hydrogens (tertiary/aromatic N) is 4. The van der Waals surface area contributed by atoms with E-state index >= 15 is 0 Å². The van der Waals surface area contributed by atoms with Crippen molar-refractivity contribution in [3.05, 3.63) is 59.2 Å². The topological polar surface area (TPSA) is 81.9 Å². The van der Waals surface area contributed by atoms with Crippen molar-refractivity contribution in [1.82, 2.24) is 25.5 Å². The molecule has 0 bridgehead atoms. The number of aromatic nitrogens is 4. The number of hydrogen-bond donors (Lipinski definition) is 1. The maximum Gasteiger partial charge on any atom is 0.233 e. The van der Waals surface area contributed by atoms with E-state index in [1.165, 1.54) is 17.3 Å². The summed E-state index contributed by atoms with van der Waals surface area (Å²) in [6.45, 7) is 6.49. The summed E-state index contributed by atoms with van der Waals surface area (Å²) in [4.78, 5) is 12.5. The summed E-state index contributed by atoms with van der Waals surface area (Å²) >= 11 is 1.34. The molecule has 1 aromatic heterocycles. The summed E-state index contributed by atoms with van der Waals surface area (Å²) in [5.74, 6) is 0.781. The Bertz CT molecular complexity index is 971. The maximum atomic E-state index is 12.5. The van der Waals surface area contributed by atoms with E-state index in [1.807, 2.05) is 57.2 Å². The quantitative estimate of drug-likeness (QED) is 0.574. The fraction of sp³-hybridized carbons (Fsp3) is 0.333. The Hall–Kier alpha value is -2.87. The Labute approximate surface area is 174 Å². The number of rotatable bonds is 8. The van der Waals surface area contributed by atoms with Gasteiger partial charge in [0.15, 0.2) is 0 Å². The van der Waals surface area contributed by atoms with E-state index in [0.717, 1.165) is 29.0 Å². The van der Waals surface area contributed by atoms with Gasteiger partial charge in [0.25, 0.3) is 0 Å². The third kappa shape index (κ3) is 5.35. The average molecular weight is 412 g/mol. The molecule has 0 unspecified atom stereocenters. The van der Waals surface area contributed by atoms with Crippen molar-refractivity contribution in [3.63, 3.8) is 0 Å². The van der Waals surface area contributed by atoms with Crippen molar-refractivity contribution < 1.29 is 9.53 Å². The largest absolute Gasteiger partial charge is 0.497 e. The lowest BCUT2D eigenvalue weighted by Crippen LogP contribution is -2.32. The first kappa shape index (κ1) is 20.9. The second kappa shape index (κ2) is 9.56. The first-order chi connectivity index (χ1) is 14.0. The minimum atomic E-state index is -0.318. The summed E-state index contributed by atoms with van der Waals surface area (Å²) in [5, 5.41) is 15.2. The fourth-order valence-electron chi connectivity index (χ4n) is 2.92. The van der Waals surface area contributed by atoms with E-state index in [2.05, 4.69) is 26.9 Å². The summed E-state index contributed by atoms with van der Waals surface area (Å²) in [6, 6.07) is 13.9. The minimum Gasteiger partial charge on any atom is -0.497 e. The van der Waals surface area contributed by atoms with Gasteiger partial charge in [0.2, 0.25) is 11.1 Å². The van der Waals surface area contributed by atoms with Crippen LogP contribution in [-0.2, 0) is 11.2 Å². The molecular formula is C21H25N5O2S. The minimum absolute atomic E-state index is 0.0429. The predicted molar refractivity (Wildman–Crippen MR) is 114 cm³/mol. The second-order valence-electron chi connectivity index (χ2n) is 6.81. The van der Waals surface area contributed by atoms with Crippen molar-refractivity contribution in [3.8, 4) is 11.4 Å². The van der Waals surface area contributed by atoms with Gasteiger partial charge in [0, 0.05) is 6.54 Å². The van der Waals surface area contributed by atoms with Crippen molar-refractivity contribution in [2.24, 2.45) is 0 Å². The zero-order valence-electron chi connectivity index (χ0n) is 17.0. The number of ether oxygens (including phenoxy) is 1. The lowest BCUT2D eigenvalue weighted by molar-refractivity contribution is -0.120. The number of hydrogen-bond acceptors (Lipinski definition) is 6. The lowest BCUT2D eigenvalue weighted by atomic mass is 10.1. The van der Waals surface area contributed by atoms with Gasteiger partial charge in [-0.3, -0.25) is 4.79 Å². The maximum absolute atomic E-state index is 12.5. The zero-order valence-corrected chi connectivity index (χ0v) is 17.9. The number of carbonyl (C=O) groups is 1. The van der Waals surface area contributed by atoms with Gasteiger partial charge in [-0.1, -0.05) is 41.6 Å². The Balaban J connectivity index is 1.56. The van der Waals surface area contributed by atoms with Crippen LogP contribution in [0.15, 0.2) is 47.6 Å². The number of thioether (sulfide) groups is 1. The van der Waals surface area contributed by atoms with E-state index in [-0.39, 0.29) is 11.2 Å². The molecule has 0 aliphatic heterocycles. The van der Waals surface area contributed by atoms with Gasteiger partial charge >= 0.3 is 0 Å². The highest BCUT2D eigenvalue weighted by Gasteiger charge is 2.19. The van der Waals surface area contributed by atoms with Gasteiger partial charge in [0.05, 0.1) is 18.0 Å². The van der Waals surface area contributed by atoms with Crippen LogP contribution in [0.1, 0.15) is 23.6 Å². The van der Waals surface area contributed by atoms with Gasteiger partial charge < -0.3 is 10.1 Å². The number of methoxy groups -OCH3 is 1. The predicted octanol–water partition coefficient (Wildman–Crippen LogP) is 3.13. The van der Waals surface area contributed by atoms with Crippen molar-refractivity contribution in [2.75, 3.05) is 13.7 Å². The molecule has 0 radical (unpaired) electrons. The van der Waals surface area contributed by atoms with Crippen LogP contribution >= 0.6 is 11.8 Å². The number of benzene rings is 2. The van der Waals surface area contributed by atoms with Crippen LogP contribution in [0.3, 0.4) is 0 Å². The van der Waals surface area contributed by atoms with Gasteiger partial charge in [0.1, 0.15) is 5.75 Å². The first-order valence-electron chi connectivity index (χ1n) is 9.41.